The normalized spacial score (nSPS) is 12.4. The molecule has 3 N–H and O–H groups in total. The van der Waals surface area contributed by atoms with E-state index in [4.69, 9.17) is 5.73 Å². The molecule has 94 valence electrons. The standard InChI is InChI=1S/C15H16FNO/c1-2-10-4-3-5-11(8-10)15(18)13-9-12(16)6-7-14(13)17/h3-9,15,18H,2,17H2,1H3. The second-order valence-electron chi connectivity index (χ2n) is 4.27. The van der Waals surface area contributed by atoms with E-state index in [-0.39, 0.29) is 0 Å². The van der Waals surface area contributed by atoms with E-state index in [1.54, 1.807) is 0 Å². The molecule has 0 aliphatic carbocycles. The molecule has 0 aliphatic heterocycles. The number of anilines is 1. The van der Waals surface area contributed by atoms with E-state index in [2.05, 4.69) is 0 Å². The average Bonchev–Trinajstić information content (AvgIpc) is 2.41. The van der Waals surface area contributed by atoms with Gasteiger partial charge in [0.2, 0.25) is 0 Å². The van der Waals surface area contributed by atoms with Gasteiger partial charge in [0.15, 0.2) is 0 Å². The van der Waals surface area contributed by atoms with Gasteiger partial charge in [0.25, 0.3) is 0 Å². The molecule has 0 spiro atoms. The summed E-state index contributed by atoms with van der Waals surface area (Å²) in [6.07, 6.45) is -0.00802. The van der Waals surface area contributed by atoms with Crippen LogP contribution in [-0.2, 0) is 6.42 Å². The molecule has 1 atom stereocenters. The molecule has 0 bridgehead atoms. The van der Waals surface area contributed by atoms with Gasteiger partial charge in [0.1, 0.15) is 11.9 Å². The number of rotatable bonds is 3. The second-order valence-corrected chi connectivity index (χ2v) is 4.27. The summed E-state index contributed by atoms with van der Waals surface area (Å²) in [4.78, 5) is 0. The number of hydrogen-bond donors (Lipinski definition) is 2. The molecule has 3 heteroatoms. The van der Waals surface area contributed by atoms with Crippen molar-refractivity contribution in [1.82, 2.24) is 0 Å². The highest BCUT2D eigenvalue weighted by Crippen LogP contribution is 2.27. The molecule has 1 unspecified atom stereocenters. The van der Waals surface area contributed by atoms with Crippen LogP contribution in [0.5, 0.6) is 0 Å². The molecule has 2 aromatic rings. The number of hydrogen-bond acceptors (Lipinski definition) is 2. The lowest BCUT2D eigenvalue weighted by Crippen LogP contribution is -2.04. The van der Waals surface area contributed by atoms with Crippen molar-refractivity contribution in [1.29, 1.82) is 0 Å². The van der Waals surface area contributed by atoms with Crippen LogP contribution in [-0.4, -0.2) is 5.11 Å². The molecule has 0 aromatic heterocycles. The summed E-state index contributed by atoms with van der Waals surface area (Å²) in [5.41, 5.74) is 8.43. The summed E-state index contributed by atoms with van der Waals surface area (Å²) in [7, 11) is 0. The van der Waals surface area contributed by atoms with Gasteiger partial charge in [-0.3, -0.25) is 0 Å². The van der Waals surface area contributed by atoms with Crippen LogP contribution in [0.4, 0.5) is 10.1 Å². The van der Waals surface area contributed by atoms with Crippen LogP contribution in [0.15, 0.2) is 42.5 Å². The smallest absolute Gasteiger partial charge is 0.123 e. The van der Waals surface area contributed by atoms with Crippen molar-refractivity contribution in [2.24, 2.45) is 0 Å². The predicted molar refractivity (Wildman–Crippen MR) is 70.7 cm³/mol. The summed E-state index contributed by atoms with van der Waals surface area (Å²) in [5, 5.41) is 10.3. The number of nitrogen functional groups attached to an aromatic ring is 1. The first kappa shape index (κ1) is 12.6. The van der Waals surface area contributed by atoms with Crippen molar-refractivity contribution in [2.45, 2.75) is 19.4 Å². The number of aliphatic hydroxyl groups excluding tert-OH is 1. The number of halogens is 1. The lowest BCUT2D eigenvalue weighted by Gasteiger charge is -2.14. The van der Waals surface area contributed by atoms with Crippen molar-refractivity contribution in [2.75, 3.05) is 5.73 Å². The summed E-state index contributed by atoms with van der Waals surface area (Å²) >= 11 is 0. The fraction of sp³-hybridized carbons (Fsp3) is 0.200. The van der Waals surface area contributed by atoms with Gasteiger partial charge in [-0.25, -0.2) is 4.39 Å². The van der Waals surface area contributed by atoms with Crippen molar-refractivity contribution < 1.29 is 9.50 Å². The van der Waals surface area contributed by atoms with Crippen LogP contribution >= 0.6 is 0 Å². The van der Waals surface area contributed by atoms with Crippen molar-refractivity contribution in [3.05, 3.63) is 65.0 Å². The average molecular weight is 245 g/mol. The zero-order chi connectivity index (χ0) is 13.1. The molecular weight excluding hydrogens is 229 g/mol. The minimum Gasteiger partial charge on any atom is -0.398 e. The molecule has 2 nitrogen and oxygen atoms in total. The number of aryl methyl sites for hydroxylation is 1. The summed E-state index contributed by atoms with van der Waals surface area (Å²) in [6, 6.07) is 11.6. The Hall–Kier alpha value is -1.87. The first-order valence-corrected chi connectivity index (χ1v) is 5.93. The summed E-state index contributed by atoms with van der Waals surface area (Å²) < 4.78 is 13.2. The van der Waals surface area contributed by atoms with E-state index in [9.17, 15) is 9.50 Å². The van der Waals surface area contributed by atoms with E-state index >= 15 is 0 Å². The van der Waals surface area contributed by atoms with Gasteiger partial charge >= 0.3 is 0 Å². The van der Waals surface area contributed by atoms with E-state index in [1.165, 1.54) is 18.2 Å². The van der Waals surface area contributed by atoms with Crippen molar-refractivity contribution in [3.8, 4) is 0 Å². The minimum absolute atomic E-state index is 0.394. The van der Waals surface area contributed by atoms with Gasteiger partial charge in [0.05, 0.1) is 0 Å². The zero-order valence-corrected chi connectivity index (χ0v) is 10.2. The Kier molecular flexibility index (Phi) is 3.63. The monoisotopic (exact) mass is 245 g/mol. The topological polar surface area (TPSA) is 46.2 Å². The number of benzene rings is 2. The Labute approximate surface area is 106 Å². The van der Waals surface area contributed by atoms with Crippen LogP contribution in [0.3, 0.4) is 0 Å². The zero-order valence-electron chi connectivity index (χ0n) is 10.2. The predicted octanol–water partition coefficient (Wildman–Crippen LogP) is 3.05. The quantitative estimate of drug-likeness (QED) is 0.816. The van der Waals surface area contributed by atoms with Crippen LogP contribution in [0.1, 0.15) is 29.7 Å². The van der Waals surface area contributed by atoms with Crippen molar-refractivity contribution in [3.63, 3.8) is 0 Å². The fourth-order valence-electron chi connectivity index (χ4n) is 1.95. The molecule has 18 heavy (non-hydrogen) atoms. The SMILES string of the molecule is CCc1cccc(C(O)c2cc(F)ccc2N)c1. The number of aliphatic hydroxyl groups is 1. The molecule has 2 aromatic carbocycles. The van der Waals surface area contributed by atoms with Gasteiger partial charge in [-0.2, -0.15) is 0 Å². The van der Waals surface area contributed by atoms with Gasteiger partial charge < -0.3 is 10.8 Å². The third-order valence-corrected chi connectivity index (χ3v) is 3.02. The van der Waals surface area contributed by atoms with Crippen LogP contribution in [0.2, 0.25) is 0 Å². The Bertz CT molecular complexity index is 554. The Morgan fingerprint density at radius 1 is 1.22 bits per heavy atom. The Morgan fingerprint density at radius 3 is 2.72 bits per heavy atom. The van der Waals surface area contributed by atoms with E-state index in [0.29, 0.717) is 11.3 Å². The minimum atomic E-state index is -0.896. The summed E-state index contributed by atoms with van der Waals surface area (Å²) in [5.74, 6) is -0.398. The Balaban J connectivity index is 2.40. The van der Waals surface area contributed by atoms with Gasteiger partial charge in [-0.15, -0.1) is 0 Å². The van der Waals surface area contributed by atoms with E-state index in [1.807, 2.05) is 31.2 Å². The maximum Gasteiger partial charge on any atom is 0.123 e. The molecule has 0 heterocycles. The largest absolute Gasteiger partial charge is 0.398 e. The lowest BCUT2D eigenvalue weighted by atomic mass is 9.98. The van der Waals surface area contributed by atoms with Crippen LogP contribution in [0.25, 0.3) is 0 Å². The third kappa shape index (κ3) is 2.51. The molecule has 2 rings (SSSR count). The van der Waals surface area contributed by atoms with E-state index in [0.717, 1.165) is 17.5 Å². The van der Waals surface area contributed by atoms with Crippen LogP contribution in [0, 0.1) is 5.82 Å². The molecule has 0 fully saturated rings. The maximum atomic E-state index is 13.2. The maximum absolute atomic E-state index is 13.2. The first-order valence-electron chi connectivity index (χ1n) is 5.93. The molecule has 0 radical (unpaired) electrons. The number of nitrogens with two attached hydrogens (primary N) is 1. The van der Waals surface area contributed by atoms with Crippen LogP contribution < -0.4 is 5.73 Å². The fourth-order valence-corrected chi connectivity index (χ4v) is 1.95. The van der Waals surface area contributed by atoms with Gasteiger partial charge in [0, 0.05) is 11.3 Å². The highest BCUT2D eigenvalue weighted by Gasteiger charge is 2.14. The first-order chi connectivity index (χ1) is 8.61. The molecule has 0 aliphatic rings. The molecular formula is C15H16FNO. The van der Waals surface area contributed by atoms with Gasteiger partial charge in [-0.1, -0.05) is 31.2 Å². The molecule has 0 amide bonds. The molecule has 0 saturated carbocycles. The van der Waals surface area contributed by atoms with Gasteiger partial charge in [-0.05, 0) is 35.7 Å². The van der Waals surface area contributed by atoms with Crippen molar-refractivity contribution >= 4 is 5.69 Å². The second kappa shape index (κ2) is 5.19. The third-order valence-electron chi connectivity index (χ3n) is 3.02. The highest BCUT2D eigenvalue weighted by atomic mass is 19.1. The van der Waals surface area contributed by atoms with E-state index < -0.39 is 11.9 Å². The lowest BCUT2D eigenvalue weighted by molar-refractivity contribution is 0.220. The molecule has 0 saturated heterocycles. The summed E-state index contributed by atoms with van der Waals surface area (Å²) in [6.45, 7) is 2.04. The Morgan fingerprint density at radius 2 is 2.00 bits per heavy atom. The highest BCUT2D eigenvalue weighted by molar-refractivity contribution is 5.50.